The molecule has 3 heteroatoms. The summed E-state index contributed by atoms with van der Waals surface area (Å²) < 4.78 is 0. The van der Waals surface area contributed by atoms with Gasteiger partial charge in [0, 0.05) is 12.6 Å². The van der Waals surface area contributed by atoms with Gasteiger partial charge in [0.1, 0.15) is 0 Å². The largest absolute Gasteiger partial charge is 0.481 e. The molecule has 0 spiro atoms. The van der Waals surface area contributed by atoms with Crippen molar-refractivity contribution in [3.05, 3.63) is 0 Å². The van der Waals surface area contributed by atoms with E-state index in [0.717, 1.165) is 31.2 Å². The van der Waals surface area contributed by atoms with Gasteiger partial charge in [0.25, 0.3) is 0 Å². The summed E-state index contributed by atoms with van der Waals surface area (Å²) in [6, 6.07) is 0.633. The predicted molar refractivity (Wildman–Crippen MR) is 74.6 cm³/mol. The first-order valence-electron chi connectivity index (χ1n) is 7.21. The Morgan fingerprint density at radius 2 is 1.94 bits per heavy atom. The van der Waals surface area contributed by atoms with Crippen LogP contribution in [0.1, 0.15) is 53.9 Å². The maximum Gasteiger partial charge on any atom is 0.309 e. The Morgan fingerprint density at radius 1 is 1.33 bits per heavy atom. The van der Waals surface area contributed by atoms with E-state index in [9.17, 15) is 4.79 Å². The minimum atomic E-state index is -0.684. The molecule has 0 aromatic heterocycles. The highest BCUT2D eigenvalue weighted by molar-refractivity contribution is 5.73. The molecule has 1 saturated heterocycles. The second kappa shape index (κ2) is 6.05. The Bertz CT molecular complexity index is 288. The van der Waals surface area contributed by atoms with E-state index in [2.05, 4.69) is 25.7 Å². The molecule has 106 valence electrons. The first kappa shape index (κ1) is 15.5. The number of carboxylic acid groups (broad SMARTS) is 1. The lowest BCUT2D eigenvalue weighted by molar-refractivity contribution is -0.147. The average Bonchev–Trinajstić information content (AvgIpc) is 2.24. The number of rotatable bonds is 5. The molecule has 0 amide bonds. The zero-order chi connectivity index (χ0) is 13.9. The van der Waals surface area contributed by atoms with Crippen LogP contribution in [0.2, 0.25) is 0 Å². The van der Waals surface area contributed by atoms with E-state index in [-0.39, 0.29) is 0 Å². The Labute approximate surface area is 112 Å². The maximum absolute atomic E-state index is 11.1. The Hall–Kier alpha value is -0.570. The molecule has 0 aromatic carbocycles. The Kier molecular flexibility index (Phi) is 5.20. The zero-order valence-corrected chi connectivity index (χ0v) is 12.6. The Morgan fingerprint density at radius 3 is 2.50 bits per heavy atom. The number of piperidine rings is 1. The van der Waals surface area contributed by atoms with Crippen molar-refractivity contribution in [2.75, 3.05) is 13.1 Å². The Balaban J connectivity index is 2.41. The van der Waals surface area contributed by atoms with Gasteiger partial charge in [0.15, 0.2) is 0 Å². The first-order valence-corrected chi connectivity index (χ1v) is 7.21. The van der Waals surface area contributed by atoms with Crippen LogP contribution in [0.3, 0.4) is 0 Å². The maximum atomic E-state index is 11.1. The van der Waals surface area contributed by atoms with Crippen LogP contribution >= 0.6 is 0 Å². The molecule has 18 heavy (non-hydrogen) atoms. The lowest BCUT2D eigenvalue weighted by Gasteiger charge is -2.41. The SMILES string of the molecule is CC1CC(C)C(C)N(CCCC(C)(C)C(=O)O)C1. The molecular formula is C15H29NO2. The molecule has 1 aliphatic rings. The lowest BCUT2D eigenvalue weighted by Crippen LogP contribution is -2.46. The molecule has 1 rings (SSSR count). The van der Waals surface area contributed by atoms with Crippen molar-refractivity contribution in [3.8, 4) is 0 Å². The lowest BCUT2D eigenvalue weighted by atomic mass is 9.84. The van der Waals surface area contributed by atoms with Crippen LogP contribution in [0.15, 0.2) is 0 Å². The summed E-state index contributed by atoms with van der Waals surface area (Å²) in [4.78, 5) is 13.6. The summed E-state index contributed by atoms with van der Waals surface area (Å²) in [5, 5.41) is 9.10. The van der Waals surface area contributed by atoms with Crippen molar-refractivity contribution in [2.45, 2.75) is 59.9 Å². The summed E-state index contributed by atoms with van der Waals surface area (Å²) >= 11 is 0. The van der Waals surface area contributed by atoms with Gasteiger partial charge in [-0.3, -0.25) is 4.79 Å². The van der Waals surface area contributed by atoms with Crippen molar-refractivity contribution in [2.24, 2.45) is 17.3 Å². The predicted octanol–water partition coefficient (Wildman–Crippen LogP) is 3.24. The molecule has 0 aromatic rings. The average molecular weight is 255 g/mol. The summed E-state index contributed by atoms with van der Waals surface area (Å²) in [6.45, 7) is 12.8. The summed E-state index contributed by atoms with van der Waals surface area (Å²) in [5.41, 5.74) is -0.587. The summed E-state index contributed by atoms with van der Waals surface area (Å²) in [6.07, 6.45) is 3.05. The van der Waals surface area contributed by atoms with E-state index in [1.807, 2.05) is 13.8 Å². The third-order valence-corrected chi connectivity index (χ3v) is 4.55. The first-order chi connectivity index (χ1) is 8.24. The molecule has 3 atom stereocenters. The molecule has 3 unspecified atom stereocenters. The normalized spacial score (nSPS) is 30.4. The van der Waals surface area contributed by atoms with Gasteiger partial charge in [-0.2, -0.15) is 0 Å². The fraction of sp³-hybridized carbons (Fsp3) is 0.933. The summed E-state index contributed by atoms with van der Waals surface area (Å²) in [7, 11) is 0. The molecule has 0 aliphatic carbocycles. The van der Waals surface area contributed by atoms with Gasteiger partial charge < -0.3 is 10.0 Å². The smallest absolute Gasteiger partial charge is 0.309 e. The number of carbonyl (C=O) groups is 1. The van der Waals surface area contributed by atoms with Crippen LogP contribution in [0.25, 0.3) is 0 Å². The molecule has 0 saturated carbocycles. The number of carboxylic acids is 1. The molecule has 1 aliphatic heterocycles. The van der Waals surface area contributed by atoms with E-state index < -0.39 is 11.4 Å². The summed E-state index contributed by atoms with van der Waals surface area (Å²) in [5.74, 6) is 0.834. The van der Waals surface area contributed by atoms with Crippen molar-refractivity contribution >= 4 is 5.97 Å². The van der Waals surface area contributed by atoms with Crippen LogP contribution in [0.4, 0.5) is 0 Å². The van der Waals surface area contributed by atoms with Gasteiger partial charge in [0.05, 0.1) is 5.41 Å². The number of likely N-dealkylation sites (tertiary alicyclic amines) is 1. The van der Waals surface area contributed by atoms with Gasteiger partial charge in [-0.15, -0.1) is 0 Å². The number of nitrogens with zero attached hydrogens (tertiary/aromatic N) is 1. The number of hydrogen-bond donors (Lipinski definition) is 1. The van der Waals surface area contributed by atoms with Crippen LogP contribution in [0, 0.1) is 17.3 Å². The molecule has 3 nitrogen and oxygen atoms in total. The molecule has 1 fully saturated rings. The molecule has 0 radical (unpaired) electrons. The van der Waals surface area contributed by atoms with E-state index >= 15 is 0 Å². The van der Waals surface area contributed by atoms with Gasteiger partial charge in [0.2, 0.25) is 0 Å². The van der Waals surface area contributed by atoms with Crippen LogP contribution < -0.4 is 0 Å². The van der Waals surface area contributed by atoms with Gasteiger partial charge in [-0.05, 0) is 58.4 Å². The minimum absolute atomic E-state index is 0.587. The number of hydrogen-bond acceptors (Lipinski definition) is 2. The third kappa shape index (κ3) is 3.98. The fourth-order valence-electron chi connectivity index (χ4n) is 2.96. The quantitative estimate of drug-likeness (QED) is 0.820. The van der Waals surface area contributed by atoms with Crippen molar-refractivity contribution in [1.29, 1.82) is 0 Å². The highest BCUT2D eigenvalue weighted by atomic mass is 16.4. The number of aliphatic carboxylic acids is 1. The van der Waals surface area contributed by atoms with Crippen LogP contribution in [0.5, 0.6) is 0 Å². The van der Waals surface area contributed by atoms with Gasteiger partial charge >= 0.3 is 5.97 Å². The van der Waals surface area contributed by atoms with E-state index in [1.54, 1.807) is 0 Å². The van der Waals surface area contributed by atoms with Gasteiger partial charge in [-0.1, -0.05) is 13.8 Å². The van der Waals surface area contributed by atoms with E-state index in [0.29, 0.717) is 6.04 Å². The van der Waals surface area contributed by atoms with Crippen molar-refractivity contribution in [1.82, 2.24) is 4.90 Å². The highest BCUT2D eigenvalue weighted by Crippen LogP contribution is 2.28. The minimum Gasteiger partial charge on any atom is -0.481 e. The topological polar surface area (TPSA) is 40.5 Å². The van der Waals surface area contributed by atoms with E-state index in [1.165, 1.54) is 13.0 Å². The second-order valence-electron chi connectivity index (χ2n) is 6.85. The standard InChI is InChI=1S/C15H29NO2/c1-11-9-12(2)13(3)16(10-11)8-6-7-15(4,5)14(17)18/h11-13H,6-10H2,1-5H3,(H,17,18). The molecule has 1 heterocycles. The molecular weight excluding hydrogens is 226 g/mol. The van der Waals surface area contributed by atoms with Crippen LogP contribution in [-0.2, 0) is 4.79 Å². The highest BCUT2D eigenvalue weighted by Gasteiger charge is 2.30. The molecule has 1 N–H and O–H groups in total. The third-order valence-electron chi connectivity index (χ3n) is 4.55. The monoisotopic (exact) mass is 255 g/mol. The van der Waals surface area contributed by atoms with Crippen molar-refractivity contribution < 1.29 is 9.90 Å². The zero-order valence-electron chi connectivity index (χ0n) is 12.6. The van der Waals surface area contributed by atoms with Crippen LogP contribution in [-0.4, -0.2) is 35.1 Å². The van der Waals surface area contributed by atoms with Gasteiger partial charge in [-0.25, -0.2) is 0 Å². The van der Waals surface area contributed by atoms with E-state index in [4.69, 9.17) is 5.11 Å². The van der Waals surface area contributed by atoms with Crippen molar-refractivity contribution in [3.63, 3.8) is 0 Å². The molecule has 0 bridgehead atoms. The fourth-order valence-corrected chi connectivity index (χ4v) is 2.96. The second-order valence-corrected chi connectivity index (χ2v) is 6.85.